The van der Waals surface area contributed by atoms with Gasteiger partial charge in [-0.3, -0.25) is 9.36 Å². The van der Waals surface area contributed by atoms with Gasteiger partial charge >= 0.3 is 5.97 Å². The van der Waals surface area contributed by atoms with E-state index < -0.39 is 12.0 Å². The lowest BCUT2D eigenvalue weighted by Gasteiger charge is -2.27. The SMILES string of the molecule is CCOC(=O)C1=C(C)N=c2s/c(=C\c3c[nH]c4ccc(Br)cc34)c(=O)n2C1c1c(OC)ccc2ccccc12. The number of fused-ring (bicyclic) bond motifs is 3. The number of H-pyrrole nitrogens is 1. The molecule has 6 rings (SSSR count). The normalized spacial score (nSPS) is 15.5. The minimum Gasteiger partial charge on any atom is -0.496 e. The van der Waals surface area contributed by atoms with Gasteiger partial charge in [-0.05, 0) is 55.0 Å². The number of esters is 1. The van der Waals surface area contributed by atoms with Crippen LogP contribution in [0.2, 0.25) is 0 Å². The molecule has 0 radical (unpaired) electrons. The van der Waals surface area contributed by atoms with Crippen molar-refractivity contribution in [1.29, 1.82) is 0 Å². The number of rotatable bonds is 5. The van der Waals surface area contributed by atoms with Crippen molar-refractivity contribution in [2.24, 2.45) is 4.99 Å². The fourth-order valence-electron chi connectivity index (χ4n) is 5.18. The summed E-state index contributed by atoms with van der Waals surface area (Å²) in [6.07, 6.45) is 3.76. The Morgan fingerprint density at radius 3 is 2.79 bits per heavy atom. The molecule has 3 aromatic carbocycles. The van der Waals surface area contributed by atoms with Crippen LogP contribution in [0.1, 0.15) is 31.0 Å². The van der Waals surface area contributed by atoms with Crippen molar-refractivity contribution in [3.8, 4) is 5.75 Å². The fraction of sp³-hybridized carbons (Fsp3) is 0.167. The van der Waals surface area contributed by atoms with Crippen molar-refractivity contribution in [2.45, 2.75) is 19.9 Å². The summed E-state index contributed by atoms with van der Waals surface area (Å²) in [6.45, 7) is 3.75. The van der Waals surface area contributed by atoms with Gasteiger partial charge in [0.1, 0.15) is 11.8 Å². The molecule has 3 heterocycles. The van der Waals surface area contributed by atoms with Crippen molar-refractivity contribution < 1.29 is 14.3 Å². The number of nitrogens with one attached hydrogen (secondary N) is 1. The van der Waals surface area contributed by atoms with E-state index in [2.05, 4.69) is 20.9 Å². The Balaban J connectivity index is 1.66. The van der Waals surface area contributed by atoms with Gasteiger partial charge in [-0.1, -0.05) is 57.6 Å². The predicted molar refractivity (Wildman–Crippen MR) is 157 cm³/mol. The maximum atomic E-state index is 14.1. The van der Waals surface area contributed by atoms with Gasteiger partial charge in [0.2, 0.25) is 0 Å². The summed E-state index contributed by atoms with van der Waals surface area (Å²) in [5.74, 6) is 0.0701. The number of aromatic nitrogens is 2. The molecule has 1 N–H and O–H groups in total. The molecule has 0 saturated carbocycles. The van der Waals surface area contributed by atoms with E-state index in [-0.39, 0.29) is 12.2 Å². The van der Waals surface area contributed by atoms with E-state index in [1.807, 2.05) is 66.9 Å². The van der Waals surface area contributed by atoms with Crippen molar-refractivity contribution in [1.82, 2.24) is 9.55 Å². The van der Waals surface area contributed by atoms with Gasteiger partial charge in [0.05, 0.1) is 29.5 Å². The van der Waals surface area contributed by atoms with Crippen molar-refractivity contribution in [3.05, 3.63) is 107 Å². The molecular formula is C30H24BrN3O4S. The first-order valence-corrected chi connectivity index (χ1v) is 14.0. The van der Waals surface area contributed by atoms with Crippen LogP contribution in [0.5, 0.6) is 5.75 Å². The zero-order valence-corrected chi connectivity index (χ0v) is 23.9. The van der Waals surface area contributed by atoms with Gasteiger partial charge in [-0.25, -0.2) is 9.79 Å². The lowest BCUT2D eigenvalue weighted by atomic mass is 9.90. The number of hydrogen-bond donors (Lipinski definition) is 1. The number of carbonyl (C=O) groups is 1. The monoisotopic (exact) mass is 601 g/mol. The molecule has 1 aliphatic rings. The first-order valence-electron chi connectivity index (χ1n) is 12.4. The summed E-state index contributed by atoms with van der Waals surface area (Å²) in [7, 11) is 1.59. The van der Waals surface area contributed by atoms with Crippen LogP contribution >= 0.6 is 27.3 Å². The summed E-state index contributed by atoms with van der Waals surface area (Å²) < 4.78 is 14.3. The summed E-state index contributed by atoms with van der Waals surface area (Å²) in [4.78, 5) is 36.0. The van der Waals surface area contributed by atoms with Crippen molar-refractivity contribution in [3.63, 3.8) is 0 Å². The minimum atomic E-state index is -0.777. The zero-order valence-electron chi connectivity index (χ0n) is 21.4. The van der Waals surface area contributed by atoms with E-state index in [4.69, 9.17) is 14.5 Å². The number of halogens is 1. The summed E-state index contributed by atoms with van der Waals surface area (Å²) in [6, 6.07) is 16.9. The van der Waals surface area contributed by atoms with Gasteiger partial charge in [0, 0.05) is 32.7 Å². The molecule has 0 aliphatic carbocycles. The standard InChI is InChI=1S/C30H24BrN3O4S/c1-4-38-29(36)25-16(2)33-30-34(27(25)26-20-8-6-5-7-17(20)9-12-23(26)37-3)28(35)24(39-30)13-18-15-32-22-11-10-19(31)14-21(18)22/h5-15,27,32H,4H2,1-3H3/b24-13-. The Hall–Kier alpha value is -3.95. The fourth-order valence-corrected chi connectivity index (χ4v) is 6.57. The molecule has 0 saturated heterocycles. The summed E-state index contributed by atoms with van der Waals surface area (Å²) in [5.41, 5.74) is 3.17. The highest BCUT2D eigenvalue weighted by molar-refractivity contribution is 9.10. The first kappa shape index (κ1) is 25.3. The average molecular weight is 603 g/mol. The highest BCUT2D eigenvalue weighted by atomic mass is 79.9. The zero-order chi connectivity index (χ0) is 27.3. The van der Waals surface area contributed by atoms with Crippen LogP contribution in [-0.4, -0.2) is 29.2 Å². The molecular weight excluding hydrogens is 578 g/mol. The van der Waals surface area contributed by atoms with Crippen LogP contribution in [0, 0.1) is 0 Å². The smallest absolute Gasteiger partial charge is 0.338 e. The lowest BCUT2D eigenvalue weighted by Crippen LogP contribution is -2.40. The van der Waals surface area contributed by atoms with E-state index in [9.17, 15) is 9.59 Å². The highest BCUT2D eigenvalue weighted by Crippen LogP contribution is 2.40. The quantitative estimate of drug-likeness (QED) is 0.280. The number of aromatic amines is 1. The van der Waals surface area contributed by atoms with Crippen molar-refractivity contribution >= 4 is 61.0 Å². The van der Waals surface area contributed by atoms with Crippen LogP contribution in [0.4, 0.5) is 0 Å². The molecule has 1 unspecified atom stereocenters. The number of carbonyl (C=O) groups excluding carboxylic acids is 1. The lowest BCUT2D eigenvalue weighted by molar-refractivity contribution is -0.139. The van der Waals surface area contributed by atoms with E-state index in [1.165, 1.54) is 11.3 Å². The number of benzene rings is 3. The molecule has 1 aliphatic heterocycles. The highest BCUT2D eigenvalue weighted by Gasteiger charge is 2.36. The largest absolute Gasteiger partial charge is 0.496 e. The second kappa shape index (κ2) is 9.98. The molecule has 0 fully saturated rings. The Bertz CT molecular complexity index is 2000. The van der Waals surface area contributed by atoms with Crippen LogP contribution < -0.4 is 19.6 Å². The molecule has 0 spiro atoms. The van der Waals surface area contributed by atoms with Gasteiger partial charge in [0.15, 0.2) is 4.80 Å². The maximum absolute atomic E-state index is 14.1. The number of allylic oxidation sites excluding steroid dienone is 1. The third-order valence-corrected chi connectivity index (χ3v) is 8.38. The van der Waals surface area contributed by atoms with Gasteiger partial charge < -0.3 is 14.5 Å². The molecule has 9 heteroatoms. The van der Waals surface area contributed by atoms with E-state index >= 15 is 0 Å². The minimum absolute atomic E-state index is 0.204. The Labute approximate surface area is 235 Å². The molecule has 0 amide bonds. The van der Waals surface area contributed by atoms with Crippen LogP contribution in [0.25, 0.3) is 27.8 Å². The molecule has 0 bridgehead atoms. The summed E-state index contributed by atoms with van der Waals surface area (Å²) >= 11 is 4.83. The average Bonchev–Trinajstić information content (AvgIpc) is 3.47. The number of ether oxygens (including phenoxy) is 2. The third-order valence-electron chi connectivity index (χ3n) is 6.90. The maximum Gasteiger partial charge on any atom is 0.338 e. The predicted octanol–water partition coefficient (Wildman–Crippen LogP) is 5.20. The Kier molecular flexibility index (Phi) is 6.48. The van der Waals surface area contributed by atoms with E-state index in [0.717, 1.165) is 37.3 Å². The number of methoxy groups -OCH3 is 1. The summed E-state index contributed by atoms with van der Waals surface area (Å²) in [5, 5.41) is 2.85. The molecule has 39 heavy (non-hydrogen) atoms. The van der Waals surface area contributed by atoms with Crippen LogP contribution in [0.15, 0.2) is 86.3 Å². The second-order valence-corrected chi connectivity index (χ2v) is 11.1. The molecule has 1 atom stereocenters. The van der Waals surface area contributed by atoms with E-state index in [1.54, 1.807) is 25.5 Å². The second-order valence-electron chi connectivity index (χ2n) is 9.14. The van der Waals surface area contributed by atoms with Gasteiger partial charge in [-0.2, -0.15) is 0 Å². The molecule has 7 nitrogen and oxygen atoms in total. The van der Waals surface area contributed by atoms with Crippen molar-refractivity contribution in [2.75, 3.05) is 13.7 Å². The third kappa shape index (κ3) is 4.22. The Morgan fingerprint density at radius 1 is 1.18 bits per heavy atom. The number of hydrogen-bond acceptors (Lipinski definition) is 6. The topological polar surface area (TPSA) is 85.7 Å². The molecule has 5 aromatic rings. The first-order chi connectivity index (χ1) is 18.9. The number of nitrogens with zero attached hydrogens (tertiary/aromatic N) is 2. The van der Waals surface area contributed by atoms with Crippen LogP contribution in [-0.2, 0) is 9.53 Å². The Morgan fingerprint density at radius 2 is 2.00 bits per heavy atom. The van der Waals surface area contributed by atoms with E-state index in [0.29, 0.717) is 26.4 Å². The van der Waals surface area contributed by atoms with Gasteiger partial charge in [0.25, 0.3) is 5.56 Å². The van der Waals surface area contributed by atoms with Crippen LogP contribution in [0.3, 0.4) is 0 Å². The molecule has 2 aromatic heterocycles. The number of thiazole rings is 1. The molecule has 196 valence electrons. The van der Waals surface area contributed by atoms with Gasteiger partial charge in [-0.15, -0.1) is 0 Å².